The molecule has 4 rings (SSSR count). The Morgan fingerprint density at radius 2 is 1.90 bits per heavy atom. The molecule has 208 valence electrons. The molecule has 3 aromatic rings. The number of nitrogens with zero attached hydrogens (tertiary/aromatic N) is 5. The van der Waals surface area contributed by atoms with Gasteiger partial charge in [0.05, 0.1) is 11.4 Å². The van der Waals surface area contributed by atoms with Crippen molar-refractivity contribution in [3.63, 3.8) is 0 Å². The van der Waals surface area contributed by atoms with Gasteiger partial charge in [0.1, 0.15) is 18.3 Å². The van der Waals surface area contributed by atoms with Gasteiger partial charge < -0.3 is 25.1 Å². The fraction of sp³-hybridized carbons (Fsp3) is 0.333. The quantitative estimate of drug-likeness (QED) is 0.174. The van der Waals surface area contributed by atoms with Gasteiger partial charge in [0.25, 0.3) is 0 Å². The summed E-state index contributed by atoms with van der Waals surface area (Å²) in [6.45, 7) is 4.33. The highest BCUT2D eigenvalue weighted by Crippen LogP contribution is 2.37. The molecule has 1 aliphatic heterocycles. The third kappa shape index (κ3) is 7.04. The molecule has 2 N–H and O–H groups in total. The highest BCUT2D eigenvalue weighted by atomic mass is 19.4. The van der Waals surface area contributed by atoms with Crippen LogP contribution >= 0.6 is 0 Å². The SMILES string of the molecule is C=NN(CC(F)(F)F)c1c(CC=O)ccc2cnc(Nc3cc(N4CCNCC4)ccc3OC(F)(F)F)nc12. The molecule has 0 spiro atoms. The minimum absolute atomic E-state index is 0.0138. The molecular weight excluding hydrogens is 532 g/mol. The predicted molar refractivity (Wildman–Crippen MR) is 134 cm³/mol. The number of carbonyl (C=O) groups excluding carboxylic acids is 1. The molecule has 0 saturated carbocycles. The van der Waals surface area contributed by atoms with E-state index < -0.39 is 24.8 Å². The smallest absolute Gasteiger partial charge is 0.404 e. The van der Waals surface area contributed by atoms with E-state index in [1.807, 2.05) is 4.90 Å². The molecule has 0 radical (unpaired) electrons. The molecule has 1 fully saturated rings. The zero-order valence-corrected chi connectivity index (χ0v) is 20.3. The molecule has 0 bridgehead atoms. The standard InChI is InChI=1S/C24H23F6N7O2/c1-31-37(14-23(25,26)27)21-15(6-11-38)2-3-16-13-33-22(35-20(16)21)34-18-12-17(36-9-7-32-8-10-36)4-5-19(18)39-24(28,29)30/h2-5,11-13,32H,1,6-10,14H2,(H,33,34,35). The van der Waals surface area contributed by atoms with E-state index in [0.29, 0.717) is 48.5 Å². The summed E-state index contributed by atoms with van der Waals surface area (Å²) in [4.78, 5) is 21.6. The number of alkyl halides is 6. The molecule has 0 atom stereocenters. The highest BCUT2D eigenvalue weighted by molar-refractivity contribution is 5.94. The Morgan fingerprint density at radius 3 is 2.54 bits per heavy atom. The van der Waals surface area contributed by atoms with Crippen LogP contribution in [0.5, 0.6) is 5.75 Å². The first kappa shape index (κ1) is 27.9. The van der Waals surface area contributed by atoms with Crippen LogP contribution in [0.2, 0.25) is 0 Å². The maximum Gasteiger partial charge on any atom is 0.573 e. The Bertz CT molecular complexity index is 1340. The van der Waals surface area contributed by atoms with Crippen LogP contribution in [-0.4, -0.2) is 68.2 Å². The van der Waals surface area contributed by atoms with Crippen LogP contribution in [0.1, 0.15) is 5.56 Å². The number of hydrazone groups is 1. The van der Waals surface area contributed by atoms with Crippen LogP contribution in [0.25, 0.3) is 10.9 Å². The lowest BCUT2D eigenvalue weighted by Gasteiger charge is -2.30. The molecule has 0 amide bonds. The number of fused-ring (bicyclic) bond motifs is 1. The molecule has 9 nitrogen and oxygen atoms in total. The maximum atomic E-state index is 13.3. The first-order valence-electron chi connectivity index (χ1n) is 11.6. The molecule has 39 heavy (non-hydrogen) atoms. The van der Waals surface area contributed by atoms with Crippen molar-refractivity contribution < 1.29 is 35.9 Å². The second-order valence-corrected chi connectivity index (χ2v) is 8.48. The van der Waals surface area contributed by atoms with Crippen LogP contribution in [0, 0.1) is 0 Å². The first-order valence-corrected chi connectivity index (χ1v) is 11.6. The number of rotatable bonds is 9. The molecule has 1 aliphatic rings. The van der Waals surface area contributed by atoms with E-state index in [9.17, 15) is 31.1 Å². The third-order valence-corrected chi connectivity index (χ3v) is 5.79. The minimum atomic E-state index is -4.98. The van der Waals surface area contributed by atoms with Crippen LogP contribution in [0.4, 0.5) is 49.4 Å². The molecule has 15 heteroatoms. The van der Waals surface area contributed by atoms with Gasteiger partial charge in [-0.3, -0.25) is 5.01 Å². The Hall–Kier alpha value is -4.14. The summed E-state index contributed by atoms with van der Waals surface area (Å²) in [5, 5.41) is 10.2. The second-order valence-electron chi connectivity index (χ2n) is 8.48. The fourth-order valence-corrected chi connectivity index (χ4v) is 4.17. The second kappa shape index (κ2) is 11.3. The van der Waals surface area contributed by atoms with E-state index in [1.54, 1.807) is 0 Å². The van der Waals surface area contributed by atoms with E-state index in [-0.39, 0.29) is 34.8 Å². The Labute approximate surface area is 218 Å². The molecule has 2 heterocycles. The van der Waals surface area contributed by atoms with Gasteiger partial charge in [-0.05, 0) is 23.8 Å². The highest BCUT2D eigenvalue weighted by Gasteiger charge is 2.34. The van der Waals surface area contributed by atoms with Crippen LogP contribution in [0.15, 0.2) is 41.6 Å². The largest absolute Gasteiger partial charge is 0.573 e. The van der Waals surface area contributed by atoms with Crippen molar-refractivity contribution in [1.29, 1.82) is 0 Å². The normalized spacial score (nSPS) is 14.3. The first-order chi connectivity index (χ1) is 18.5. The van der Waals surface area contributed by atoms with Crippen molar-refractivity contribution in [2.45, 2.75) is 19.0 Å². The molecular formula is C24H23F6N7O2. The molecule has 2 aromatic carbocycles. The van der Waals surface area contributed by atoms with Crippen molar-refractivity contribution in [3.8, 4) is 5.75 Å². The molecule has 1 aromatic heterocycles. The summed E-state index contributed by atoms with van der Waals surface area (Å²) in [6.07, 6.45) is -8.08. The lowest BCUT2D eigenvalue weighted by molar-refractivity contribution is -0.274. The van der Waals surface area contributed by atoms with Gasteiger partial charge in [-0.15, -0.1) is 13.2 Å². The van der Waals surface area contributed by atoms with Crippen LogP contribution in [-0.2, 0) is 11.2 Å². The number of aldehydes is 1. The number of carbonyl (C=O) groups is 1. The van der Waals surface area contributed by atoms with Crippen LogP contribution in [0.3, 0.4) is 0 Å². The number of anilines is 4. The Morgan fingerprint density at radius 1 is 1.15 bits per heavy atom. The summed E-state index contributed by atoms with van der Waals surface area (Å²) in [5.41, 5.74) is 0.567. The summed E-state index contributed by atoms with van der Waals surface area (Å²) < 4.78 is 83.3. The Balaban J connectivity index is 1.79. The molecule has 0 aliphatic carbocycles. The monoisotopic (exact) mass is 555 g/mol. The van der Waals surface area contributed by atoms with Gasteiger partial charge in [0.15, 0.2) is 5.75 Å². The number of piperazine rings is 1. The topological polar surface area (TPSA) is 95.0 Å². The lowest BCUT2D eigenvalue weighted by Crippen LogP contribution is -2.43. The van der Waals surface area contributed by atoms with E-state index >= 15 is 0 Å². The van der Waals surface area contributed by atoms with Crippen molar-refractivity contribution in [2.75, 3.05) is 47.9 Å². The fourth-order valence-electron chi connectivity index (χ4n) is 4.17. The summed E-state index contributed by atoms with van der Waals surface area (Å²) in [6, 6.07) is 7.07. The zero-order valence-electron chi connectivity index (χ0n) is 20.3. The van der Waals surface area contributed by atoms with Gasteiger partial charge in [0.2, 0.25) is 5.95 Å². The number of ether oxygens (including phenoxy) is 1. The van der Waals surface area contributed by atoms with Gasteiger partial charge in [0, 0.05) is 56.6 Å². The number of hydrogen-bond donors (Lipinski definition) is 2. The van der Waals surface area contributed by atoms with E-state index in [0.717, 1.165) is 6.07 Å². The Kier molecular flexibility index (Phi) is 8.09. The average Bonchev–Trinajstić information content (AvgIpc) is 2.87. The number of nitrogens with one attached hydrogen (secondary N) is 2. The predicted octanol–water partition coefficient (Wildman–Crippen LogP) is 4.41. The zero-order chi connectivity index (χ0) is 28.2. The van der Waals surface area contributed by atoms with E-state index in [4.69, 9.17) is 0 Å². The summed E-state index contributed by atoms with van der Waals surface area (Å²) in [7, 11) is 0. The third-order valence-electron chi connectivity index (χ3n) is 5.79. The summed E-state index contributed by atoms with van der Waals surface area (Å²) >= 11 is 0. The van der Waals surface area contributed by atoms with Crippen molar-refractivity contribution >= 4 is 46.9 Å². The summed E-state index contributed by atoms with van der Waals surface area (Å²) in [5.74, 6) is -0.765. The average molecular weight is 555 g/mol. The van der Waals surface area contributed by atoms with E-state index in [1.165, 1.54) is 30.5 Å². The van der Waals surface area contributed by atoms with Gasteiger partial charge in [-0.25, -0.2) is 9.97 Å². The molecule has 1 saturated heterocycles. The van der Waals surface area contributed by atoms with E-state index in [2.05, 4.69) is 37.2 Å². The van der Waals surface area contributed by atoms with Gasteiger partial charge in [-0.2, -0.15) is 18.3 Å². The number of aromatic nitrogens is 2. The number of benzene rings is 2. The number of halogens is 6. The minimum Gasteiger partial charge on any atom is -0.404 e. The van der Waals surface area contributed by atoms with Crippen molar-refractivity contribution in [2.24, 2.45) is 5.10 Å². The lowest BCUT2D eigenvalue weighted by atomic mass is 10.1. The van der Waals surface area contributed by atoms with Crippen molar-refractivity contribution in [1.82, 2.24) is 15.3 Å². The van der Waals surface area contributed by atoms with Crippen LogP contribution < -0.4 is 25.3 Å². The number of hydrogen-bond acceptors (Lipinski definition) is 9. The van der Waals surface area contributed by atoms with Gasteiger partial charge in [-0.1, -0.05) is 12.1 Å². The maximum absolute atomic E-state index is 13.3. The van der Waals surface area contributed by atoms with Crippen molar-refractivity contribution in [3.05, 3.63) is 42.1 Å². The van der Waals surface area contributed by atoms with Gasteiger partial charge >= 0.3 is 12.5 Å². The molecule has 0 unspecified atom stereocenters.